The molecule has 5 aromatic rings. The van der Waals surface area contributed by atoms with Gasteiger partial charge in [0, 0.05) is 28.1 Å². The summed E-state index contributed by atoms with van der Waals surface area (Å²) in [6, 6.07) is 18.7. The standard InChI is InChI=1S/C25H20BrN7O2/c1-15-29-25-32(13-16-5-3-2-4-6-16)14-21(24(35)33(25)31-15)23(34)30-19-9-7-17(8-10-19)20-11-18(26)12-28-22(20)27/h2-12,14H,13H2,1H3,(H2,27,28)(H,30,34). The number of nitrogens with one attached hydrogen (secondary N) is 1. The average Bonchev–Trinajstić information content (AvgIpc) is 3.26. The summed E-state index contributed by atoms with van der Waals surface area (Å²) >= 11 is 3.40. The molecule has 0 radical (unpaired) electrons. The second kappa shape index (κ2) is 9.15. The summed E-state index contributed by atoms with van der Waals surface area (Å²) in [6.07, 6.45) is 3.15. The van der Waals surface area contributed by atoms with E-state index in [2.05, 4.69) is 36.3 Å². The molecule has 0 aliphatic rings. The molecule has 35 heavy (non-hydrogen) atoms. The van der Waals surface area contributed by atoms with Gasteiger partial charge in [-0.05, 0) is 52.2 Å². The van der Waals surface area contributed by atoms with Crippen molar-refractivity contribution in [3.8, 4) is 11.1 Å². The van der Waals surface area contributed by atoms with Gasteiger partial charge in [-0.3, -0.25) is 9.59 Å². The van der Waals surface area contributed by atoms with Crippen molar-refractivity contribution in [2.24, 2.45) is 0 Å². The van der Waals surface area contributed by atoms with Crippen molar-refractivity contribution in [1.82, 2.24) is 24.1 Å². The second-order valence-corrected chi connectivity index (χ2v) is 8.87. The topological polar surface area (TPSA) is 120 Å². The summed E-state index contributed by atoms with van der Waals surface area (Å²) in [7, 11) is 0. The summed E-state index contributed by atoms with van der Waals surface area (Å²) in [5.74, 6) is 0.680. The summed E-state index contributed by atoms with van der Waals surface area (Å²) < 4.78 is 3.72. The molecule has 3 heterocycles. The lowest BCUT2D eigenvalue weighted by atomic mass is 10.1. The number of hydrogen-bond acceptors (Lipinski definition) is 6. The molecule has 0 unspecified atom stereocenters. The van der Waals surface area contributed by atoms with Crippen molar-refractivity contribution < 1.29 is 4.79 Å². The fourth-order valence-corrected chi connectivity index (χ4v) is 4.11. The van der Waals surface area contributed by atoms with E-state index in [1.807, 2.05) is 48.5 Å². The molecule has 0 fully saturated rings. The van der Waals surface area contributed by atoms with Crippen molar-refractivity contribution in [3.63, 3.8) is 0 Å². The van der Waals surface area contributed by atoms with Gasteiger partial charge in [0.2, 0.25) is 5.78 Å². The molecule has 1 amide bonds. The number of fused-ring (bicyclic) bond motifs is 1. The Morgan fingerprint density at radius 1 is 1.11 bits per heavy atom. The molecule has 2 aromatic carbocycles. The largest absolute Gasteiger partial charge is 0.383 e. The molecule has 3 aromatic heterocycles. The van der Waals surface area contributed by atoms with Gasteiger partial charge in [0.15, 0.2) is 0 Å². The van der Waals surface area contributed by atoms with Crippen LogP contribution in [0.5, 0.6) is 0 Å². The predicted molar refractivity (Wildman–Crippen MR) is 137 cm³/mol. The van der Waals surface area contributed by atoms with Crippen molar-refractivity contribution in [1.29, 1.82) is 0 Å². The maximum Gasteiger partial charge on any atom is 0.288 e. The minimum absolute atomic E-state index is 0.0390. The first-order valence-electron chi connectivity index (χ1n) is 10.7. The molecule has 0 aliphatic heterocycles. The Morgan fingerprint density at radius 2 is 1.86 bits per heavy atom. The highest BCUT2D eigenvalue weighted by molar-refractivity contribution is 9.10. The van der Waals surface area contributed by atoms with Crippen molar-refractivity contribution in [2.75, 3.05) is 11.1 Å². The van der Waals surface area contributed by atoms with E-state index < -0.39 is 11.5 Å². The zero-order chi connectivity index (χ0) is 24.5. The van der Waals surface area contributed by atoms with Gasteiger partial charge in [-0.1, -0.05) is 42.5 Å². The molecule has 3 N–H and O–H groups in total. The Morgan fingerprint density at radius 3 is 2.60 bits per heavy atom. The van der Waals surface area contributed by atoms with E-state index in [0.29, 0.717) is 29.7 Å². The van der Waals surface area contributed by atoms with Crippen LogP contribution < -0.4 is 16.6 Å². The first kappa shape index (κ1) is 22.5. The molecule has 174 valence electrons. The van der Waals surface area contributed by atoms with E-state index in [0.717, 1.165) is 21.2 Å². The van der Waals surface area contributed by atoms with E-state index in [-0.39, 0.29) is 5.56 Å². The Balaban J connectivity index is 1.46. The van der Waals surface area contributed by atoms with E-state index in [1.54, 1.807) is 29.8 Å². The minimum atomic E-state index is -0.539. The fourth-order valence-electron chi connectivity index (χ4n) is 3.77. The Labute approximate surface area is 208 Å². The van der Waals surface area contributed by atoms with E-state index in [4.69, 9.17) is 5.73 Å². The molecule has 0 bridgehead atoms. The van der Waals surface area contributed by atoms with Crippen LogP contribution in [-0.4, -0.2) is 30.1 Å². The van der Waals surface area contributed by atoms with Crippen LogP contribution in [-0.2, 0) is 6.54 Å². The zero-order valence-electron chi connectivity index (χ0n) is 18.6. The molecule has 0 saturated heterocycles. The number of anilines is 2. The quantitative estimate of drug-likeness (QED) is 0.356. The normalized spacial score (nSPS) is 11.0. The monoisotopic (exact) mass is 529 g/mol. The molecule has 5 rings (SSSR count). The number of aromatic nitrogens is 5. The number of carbonyl (C=O) groups excluding carboxylic acids is 1. The highest BCUT2D eigenvalue weighted by atomic mass is 79.9. The molecular weight excluding hydrogens is 510 g/mol. The van der Waals surface area contributed by atoms with Crippen molar-refractivity contribution >= 4 is 39.1 Å². The first-order chi connectivity index (χ1) is 16.9. The zero-order valence-corrected chi connectivity index (χ0v) is 20.2. The molecule has 0 atom stereocenters. The van der Waals surface area contributed by atoms with Crippen molar-refractivity contribution in [2.45, 2.75) is 13.5 Å². The summed E-state index contributed by atoms with van der Waals surface area (Å²) in [5, 5.41) is 6.99. The fraction of sp³-hybridized carbons (Fsp3) is 0.0800. The highest BCUT2D eigenvalue weighted by Gasteiger charge is 2.18. The van der Waals surface area contributed by atoms with Gasteiger partial charge in [0.1, 0.15) is 17.2 Å². The Bertz CT molecular complexity index is 1610. The lowest BCUT2D eigenvalue weighted by Crippen LogP contribution is -2.29. The van der Waals surface area contributed by atoms with Crippen LogP contribution >= 0.6 is 15.9 Å². The number of aryl methyl sites for hydroxylation is 1. The lowest BCUT2D eigenvalue weighted by molar-refractivity contribution is 0.102. The molecule has 9 nitrogen and oxygen atoms in total. The third-order valence-corrected chi connectivity index (χ3v) is 5.87. The number of hydrogen-bond donors (Lipinski definition) is 2. The maximum absolute atomic E-state index is 13.1. The molecule has 0 saturated carbocycles. The van der Waals surface area contributed by atoms with Crippen LogP contribution in [0.4, 0.5) is 11.5 Å². The van der Waals surface area contributed by atoms with Gasteiger partial charge >= 0.3 is 0 Å². The van der Waals surface area contributed by atoms with Gasteiger partial charge in [0.05, 0.1) is 6.54 Å². The molecule has 0 spiro atoms. The number of carbonyl (C=O) groups is 1. The molecule has 0 aliphatic carbocycles. The third-order valence-electron chi connectivity index (χ3n) is 5.44. The summed E-state index contributed by atoms with van der Waals surface area (Å²) in [6.45, 7) is 2.13. The minimum Gasteiger partial charge on any atom is -0.383 e. The van der Waals surface area contributed by atoms with E-state index in [1.165, 1.54) is 10.7 Å². The first-order valence-corrected chi connectivity index (χ1v) is 11.5. The summed E-state index contributed by atoms with van der Waals surface area (Å²) in [4.78, 5) is 34.7. The van der Waals surface area contributed by atoms with Crippen LogP contribution in [0.25, 0.3) is 16.9 Å². The second-order valence-electron chi connectivity index (χ2n) is 7.95. The predicted octanol–water partition coefficient (Wildman–Crippen LogP) is 3.91. The number of nitrogens with zero attached hydrogens (tertiary/aromatic N) is 5. The van der Waals surface area contributed by atoms with Gasteiger partial charge in [-0.15, -0.1) is 5.10 Å². The average molecular weight is 530 g/mol. The number of pyridine rings is 1. The number of nitrogen functional groups attached to an aromatic ring is 1. The smallest absolute Gasteiger partial charge is 0.288 e. The number of rotatable bonds is 5. The lowest BCUT2D eigenvalue weighted by Gasteiger charge is -2.11. The van der Waals surface area contributed by atoms with E-state index in [9.17, 15) is 9.59 Å². The third kappa shape index (κ3) is 4.56. The van der Waals surface area contributed by atoms with Gasteiger partial charge in [-0.2, -0.15) is 9.50 Å². The maximum atomic E-state index is 13.1. The van der Waals surface area contributed by atoms with Crippen LogP contribution in [0, 0.1) is 6.92 Å². The Hall–Kier alpha value is -4.31. The van der Waals surface area contributed by atoms with Crippen LogP contribution in [0.3, 0.4) is 0 Å². The van der Waals surface area contributed by atoms with Gasteiger partial charge < -0.3 is 15.6 Å². The number of amides is 1. The molecule has 10 heteroatoms. The Kier molecular flexibility index (Phi) is 5.87. The summed E-state index contributed by atoms with van der Waals surface area (Å²) in [5.41, 5.74) is 8.57. The van der Waals surface area contributed by atoms with Gasteiger partial charge in [0.25, 0.3) is 11.5 Å². The number of nitrogens with two attached hydrogens (primary N) is 1. The van der Waals surface area contributed by atoms with Crippen LogP contribution in [0.15, 0.2) is 82.3 Å². The molecular formula is C25H20BrN7O2. The SMILES string of the molecule is Cc1nc2n(Cc3ccccc3)cc(C(=O)Nc3ccc(-c4cc(Br)cnc4N)cc3)c(=O)n2n1. The van der Waals surface area contributed by atoms with Crippen molar-refractivity contribution in [3.05, 3.63) is 105 Å². The van der Waals surface area contributed by atoms with E-state index >= 15 is 0 Å². The van der Waals surface area contributed by atoms with Gasteiger partial charge in [-0.25, -0.2) is 4.98 Å². The highest BCUT2D eigenvalue weighted by Crippen LogP contribution is 2.28. The number of halogens is 1. The van der Waals surface area contributed by atoms with Crippen LogP contribution in [0.1, 0.15) is 21.7 Å². The number of benzene rings is 2. The van der Waals surface area contributed by atoms with Crippen LogP contribution in [0.2, 0.25) is 0 Å².